The predicted octanol–water partition coefficient (Wildman–Crippen LogP) is 3.68. The highest BCUT2D eigenvalue weighted by Gasteiger charge is 2.08. The van der Waals surface area contributed by atoms with Crippen LogP contribution in [0, 0.1) is 0 Å². The van der Waals surface area contributed by atoms with Crippen LogP contribution in [0.15, 0.2) is 59.8 Å². The van der Waals surface area contributed by atoms with Crippen LogP contribution in [0.5, 0.6) is 0 Å². The van der Waals surface area contributed by atoms with Crippen molar-refractivity contribution in [2.24, 2.45) is 10.9 Å². The van der Waals surface area contributed by atoms with Crippen LogP contribution in [-0.4, -0.2) is 17.1 Å². The Morgan fingerprint density at radius 1 is 1.10 bits per heavy atom. The van der Waals surface area contributed by atoms with Crippen molar-refractivity contribution in [3.8, 4) is 11.1 Å². The molecule has 1 unspecified atom stereocenters. The van der Waals surface area contributed by atoms with Crippen LogP contribution in [0.2, 0.25) is 0 Å². The van der Waals surface area contributed by atoms with Gasteiger partial charge in [0.2, 0.25) is 0 Å². The third-order valence-corrected chi connectivity index (χ3v) is 3.44. The number of hydrogen-bond acceptors (Lipinski definition) is 3. The highest BCUT2D eigenvalue weighted by Crippen LogP contribution is 2.21. The van der Waals surface area contributed by atoms with E-state index in [4.69, 9.17) is 10.9 Å². The topological polar surface area (TPSA) is 70.6 Å². The SMILES string of the molecule is CCC(CC(N)=NO)Nc1ccc(-c2ccccc2)cc1. The largest absolute Gasteiger partial charge is 0.409 e. The summed E-state index contributed by atoms with van der Waals surface area (Å²) in [5.41, 5.74) is 8.99. The van der Waals surface area contributed by atoms with E-state index in [-0.39, 0.29) is 11.9 Å². The Labute approximate surface area is 125 Å². The number of hydrogen-bond donors (Lipinski definition) is 3. The summed E-state index contributed by atoms with van der Waals surface area (Å²) in [6, 6.07) is 18.7. The maximum Gasteiger partial charge on any atom is 0.141 e. The Kier molecular flexibility index (Phi) is 5.21. The van der Waals surface area contributed by atoms with Crippen LogP contribution in [-0.2, 0) is 0 Å². The van der Waals surface area contributed by atoms with E-state index in [1.54, 1.807) is 0 Å². The van der Waals surface area contributed by atoms with Crippen LogP contribution in [0.25, 0.3) is 11.1 Å². The lowest BCUT2D eigenvalue weighted by molar-refractivity contribution is 0.316. The molecule has 2 rings (SSSR count). The van der Waals surface area contributed by atoms with Crippen LogP contribution < -0.4 is 11.1 Å². The van der Waals surface area contributed by atoms with Gasteiger partial charge in [-0.2, -0.15) is 0 Å². The first-order valence-corrected chi connectivity index (χ1v) is 7.11. The van der Waals surface area contributed by atoms with Gasteiger partial charge >= 0.3 is 0 Å². The summed E-state index contributed by atoms with van der Waals surface area (Å²) in [5.74, 6) is 0.246. The zero-order valence-electron chi connectivity index (χ0n) is 12.2. The highest BCUT2D eigenvalue weighted by molar-refractivity contribution is 5.80. The van der Waals surface area contributed by atoms with E-state index in [2.05, 4.69) is 53.8 Å². The summed E-state index contributed by atoms with van der Waals surface area (Å²) < 4.78 is 0. The Morgan fingerprint density at radius 2 is 1.71 bits per heavy atom. The van der Waals surface area contributed by atoms with Gasteiger partial charge < -0.3 is 16.3 Å². The number of rotatable bonds is 6. The lowest BCUT2D eigenvalue weighted by atomic mass is 10.0. The minimum Gasteiger partial charge on any atom is -0.409 e. The second-order valence-corrected chi connectivity index (χ2v) is 4.99. The molecule has 0 saturated heterocycles. The van der Waals surface area contributed by atoms with Crippen molar-refractivity contribution in [1.29, 1.82) is 0 Å². The van der Waals surface area contributed by atoms with Gasteiger partial charge in [-0.15, -0.1) is 0 Å². The molecule has 0 radical (unpaired) electrons. The van der Waals surface area contributed by atoms with Crippen LogP contribution in [0.4, 0.5) is 5.69 Å². The van der Waals surface area contributed by atoms with Crippen molar-refractivity contribution in [3.05, 3.63) is 54.6 Å². The summed E-state index contributed by atoms with van der Waals surface area (Å²) in [7, 11) is 0. The molecule has 0 bridgehead atoms. The molecule has 4 nitrogen and oxygen atoms in total. The summed E-state index contributed by atoms with van der Waals surface area (Å²) in [4.78, 5) is 0. The predicted molar refractivity (Wildman–Crippen MR) is 87.6 cm³/mol. The molecule has 0 aromatic heterocycles. The maximum atomic E-state index is 8.64. The summed E-state index contributed by atoms with van der Waals surface area (Å²) in [6.45, 7) is 2.07. The van der Waals surface area contributed by atoms with Gasteiger partial charge in [0.25, 0.3) is 0 Å². The molecule has 0 fully saturated rings. The molecule has 0 aliphatic carbocycles. The highest BCUT2D eigenvalue weighted by atomic mass is 16.4. The van der Waals surface area contributed by atoms with Gasteiger partial charge in [0.05, 0.1) is 0 Å². The Morgan fingerprint density at radius 3 is 2.29 bits per heavy atom. The zero-order valence-corrected chi connectivity index (χ0v) is 12.2. The quantitative estimate of drug-likeness (QED) is 0.328. The molecular formula is C17H21N3O. The molecule has 2 aromatic rings. The number of oxime groups is 1. The van der Waals surface area contributed by atoms with Crippen molar-refractivity contribution in [2.75, 3.05) is 5.32 Å². The third-order valence-electron chi connectivity index (χ3n) is 3.44. The van der Waals surface area contributed by atoms with Gasteiger partial charge in [-0.05, 0) is 29.7 Å². The fourth-order valence-corrected chi connectivity index (χ4v) is 2.22. The summed E-state index contributed by atoms with van der Waals surface area (Å²) in [5, 5.41) is 15.1. The Hall–Kier alpha value is -2.49. The number of amidine groups is 1. The molecule has 4 N–H and O–H groups in total. The molecular weight excluding hydrogens is 262 g/mol. The monoisotopic (exact) mass is 283 g/mol. The molecule has 21 heavy (non-hydrogen) atoms. The van der Waals surface area contributed by atoms with E-state index in [9.17, 15) is 0 Å². The van der Waals surface area contributed by atoms with E-state index in [1.165, 1.54) is 11.1 Å². The van der Waals surface area contributed by atoms with Crippen molar-refractivity contribution >= 4 is 11.5 Å². The summed E-state index contributed by atoms with van der Waals surface area (Å²) >= 11 is 0. The normalized spacial score (nSPS) is 12.9. The van der Waals surface area contributed by atoms with E-state index >= 15 is 0 Å². The average molecular weight is 283 g/mol. The summed E-state index contributed by atoms with van der Waals surface area (Å²) in [6.07, 6.45) is 1.42. The molecule has 0 saturated carbocycles. The molecule has 4 heteroatoms. The van der Waals surface area contributed by atoms with Crippen LogP contribution in [0.3, 0.4) is 0 Å². The standard InChI is InChI=1S/C17H21N3O/c1-2-15(12-17(18)20-21)19-16-10-8-14(9-11-16)13-6-4-3-5-7-13/h3-11,15,19,21H,2,12H2,1H3,(H2,18,20). The second kappa shape index (κ2) is 7.33. The Balaban J connectivity index is 2.05. The first-order valence-electron chi connectivity index (χ1n) is 7.11. The zero-order chi connectivity index (χ0) is 15.1. The smallest absolute Gasteiger partial charge is 0.141 e. The fraction of sp³-hybridized carbons (Fsp3) is 0.235. The lowest BCUT2D eigenvalue weighted by Crippen LogP contribution is -2.26. The molecule has 110 valence electrons. The number of anilines is 1. The third kappa shape index (κ3) is 4.24. The number of nitrogens with two attached hydrogens (primary N) is 1. The van der Waals surface area contributed by atoms with Gasteiger partial charge in [0, 0.05) is 18.2 Å². The van der Waals surface area contributed by atoms with Crippen LogP contribution >= 0.6 is 0 Å². The lowest BCUT2D eigenvalue weighted by Gasteiger charge is -2.17. The number of nitrogens with zero attached hydrogens (tertiary/aromatic N) is 1. The Bertz CT molecular complexity index is 579. The van der Waals surface area contributed by atoms with Gasteiger partial charge in [-0.25, -0.2) is 0 Å². The van der Waals surface area contributed by atoms with Crippen molar-refractivity contribution in [3.63, 3.8) is 0 Å². The van der Waals surface area contributed by atoms with E-state index in [0.717, 1.165) is 12.1 Å². The van der Waals surface area contributed by atoms with E-state index in [0.29, 0.717) is 6.42 Å². The molecule has 2 aromatic carbocycles. The van der Waals surface area contributed by atoms with Crippen LogP contribution in [0.1, 0.15) is 19.8 Å². The molecule has 0 aliphatic heterocycles. The first kappa shape index (κ1) is 14.9. The molecule has 0 aliphatic rings. The maximum absolute atomic E-state index is 8.64. The number of nitrogens with one attached hydrogen (secondary N) is 1. The molecule has 0 spiro atoms. The molecule has 1 atom stereocenters. The van der Waals surface area contributed by atoms with E-state index < -0.39 is 0 Å². The fourth-order valence-electron chi connectivity index (χ4n) is 2.22. The first-order chi connectivity index (χ1) is 10.2. The average Bonchev–Trinajstić information content (AvgIpc) is 2.55. The van der Waals surface area contributed by atoms with Crippen molar-refractivity contribution in [1.82, 2.24) is 0 Å². The molecule has 0 amide bonds. The van der Waals surface area contributed by atoms with Crippen molar-refractivity contribution < 1.29 is 5.21 Å². The minimum atomic E-state index is 0.156. The van der Waals surface area contributed by atoms with E-state index in [1.807, 2.05) is 18.2 Å². The van der Waals surface area contributed by atoms with Gasteiger partial charge in [-0.3, -0.25) is 0 Å². The second-order valence-electron chi connectivity index (χ2n) is 4.99. The minimum absolute atomic E-state index is 0.156. The van der Waals surface area contributed by atoms with Gasteiger partial charge in [0.1, 0.15) is 5.84 Å². The van der Waals surface area contributed by atoms with Gasteiger partial charge in [0.15, 0.2) is 0 Å². The molecule has 0 heterocycles. The number of benzene rings is 2. The van der Waals surface area contributed by atoms with Crippen molar-refractivity contribution in [2.45, 2.75) is 25.8 Å². The van der Waals surface area contributed by atoms with Gasteiger partial charge in [-0.1, -0.05) is 54.5 Å².